The lowest BCUT2D eigenvalue weighted by Crippen LogP contribution is -2.50. The van der Waals surface area contributed by atoms with E-state index in [2.05, 4.69) is 5.32 Å². The van der Waals surface area contributed by atoms with Crippen molar-refractivity contribution in [1.29, 1.82) is 0 Å². The summed E-state index contributed by atoms with van der Waals surface area (Å²) in [6.07, 6.45) is 0. The number of nitrogens with one attached hydrogen (secondary N) is 1. The van der Waals surface area contributed by atoms with E-state index in [1.165, 1.54) is 24.1 Å². The number of nitrogens with zero attached hydrogens (tertiary/aromatic N) is 2. The van der Waals surface area contributed by atoms with Gasteiger partial charge in [0.25, 0.3) is 10.0 Å². The van der Waals surface area contributed by atoms with Gasteiger partial charge in [0.1, 0.15) is 12.6 Å². The Kier molecular flexibility index (Phi) is 9.23. The van der Waals surface area contributed by atoms with Crippen molar-refractivity contribution in [2.45, 2.75) is 38.3 Å². The monoisotopic (exact) mass is 561 g/mol. The molecule has 0 spiro atoms. The van der Waals surface area contributed by atoms with Crippen LogP contribution in [0.4, 0.5) is 5.69 Å². The molecular formula is C27H29Cl2N3O4S. The van der Waals surface area contributed by atoms with Crippen molar-refractivity contribution in [3.63, 3.8) is 0 Å². The first-order valence-corrected chi connectivity index (χ1v) is 13.8. The van der Waals surface area contributed by atoms with Crippen molar-refractivity contribution in [2.75, 3.05) is 17.9 Å². The SMILES string of the molecule is CNC(=O)C(C)N(Cc1c(Cl)cccc1Cl)C(=O)CN(c1ccccc1C)S(=O)(=O)c1ccc(C)cc1. The van der Waals surface area contributed by atoms with Gasteiger partial charge in [-0.05, 0) is 56.7 Å². The zero-order valence-corrected chi connectivity index (χ0v) is 23.4. The Morgan fingerprint density at radius 1 is 0.919 bits per heavy atom. The van der Waals surface area contributed by atoms with Crippen LogP contribution in [0, 0.1) is 13.8 Å². The summed E-state index contributed by atoms with van der Waals surface area (Å²) in [5.41, 5.74) is 2.39. The van der Waals surface area contributed by atoms with Gasteiger partial charge in [-0.2, -0.15) is 0 Å². The highest BCUT2D eigenvalue weighted by Gasteiger charge is 2.33. The van der Waals surface area contributed by atoms with E-state index < -0.39 is 34.4 Å². The number of hydrogen-bond donors (Lipinski definition) is 1. The van der Waals surface area contributed by atoms with Crippen LogP contribution in [0.15, 0.2) is 71.6 Å². The Morgan fingerprint density at radius 2 is 1.51 bits per heavy atom. The molecular weight excluding hydrogens is 533 g/mol. The number of carbonyl (C=O) groups is 2. The Labute approximate surface area is 228 Å². The second kappa shape index (κ2) is 12.0. The van der Waals surface area contributed by atoms with E-state index in [9.17, 15) is 18.0 Å². The third-order valence-corrected chi connectivity index (χ3v) is 8.56. The maximum absolute atomic E-state index is 13.8. The van der Waals surface area contributed by atoms with Crippen LogP contribution >= 0.6 is 23.2 Å². The molecule has 1 N–H and O–H groups in total. The fourth-order valence-electron chi connectivity index (χ4n) is 3.84. The molecule has 0 aliphatic heterocycles. The first-order chi connectivity index (χ1) is 17.5. The molecule has 10 heteroatoms. The van der Waals surface area contributed by atoms with Gasteiger partial charge in [-0.15, -0.1) is 0 Å². The van der Waals surface area contributed by atoms with E-state index in [4.69, 9.17) is 23.2 Å². The summed E-state index contributed by atoms with van der Waals surface area (Å²) < 4.78 is 28.7. The second-order valence-corrected chi connectivity index (χ2v) is 11.3. The number of benzene rings is 3. The summed E-state index contributed by atoms with van der Waals surface area (Å²) in [7, 11) is -2.67. The molecule has 0 aliphatic carbocycles. The quantitative estimate of drug-likeness (QED) is 0.399. The van der Waals surface area contributed by atoms with Gasteiger partial charge in [0.15, 0.2) is 0 Å². The number of hydrogen-bond acceptors (Lipinski definition) is 4. The fourth-order valence-corrected chi connectivity index (χ4v) is 5.83. The smallest absolute Gasteiger partial charge is 0.264 e. The third kappa shape index (κ3) is 6.44. The second-order valence-electron chi connectivity index (χ2n) is 8.62. The van der Waals surface area contributed by atoms with Gasteiger partial charge in [0.05, 0.1) is 10.6 Å². The Morgan fingerprint density at radius 3 is 2.08 bits per heavy atom. The summed E-state index contributed by atoms with van der Waals surface area (Å²) in [5.74, 6) is -1.01. The maximum atomic E-state index is 13.8. The molecule has 0 fully saturated rings. The van der Waals surface area contributed by atoms with Gasteiger partial charge in [-0.3, -0.25) is 13.9 Å². The first kappa shape index (κ1) is 28.5. The molecule has 1 unspecified atom stereocenters. The summed E-state index contributed by atoms with van der Waals surface area (Å²) in [6, 6.07) is 17.3. The summed E-state index contributed by atoms with van der Waals surface area (Å²) in [6.45, 7) is 4.57. The molecule has 0 radical (unpaired) electrons. The molecule has 37 heavy (non-hydrogen) atoms. The molecule has 0 heterocycles. The number of sulfonamides is 1. The molecule has 0 aliphatic rings. The van der Waals surface area contributed by atoms with Crippen LogP contribution in [-0.4, -0.2) is 44.8 Å². The minimum atomic E-state index is -4.13. The molecule has 0 bridgehead atoms. The third-order valence-electron chi connectivity index (χ3n) is 6.08. The number of carbonyl (C=O) groups excluding carboxylic acids is 2. The van der Waals surface area contributed by atoms with E-state index in [1.807, 2.05) is 6.92 Å². The van der Waals surface area contributed by atoms with E-state index in [0.29, 0.717) is 26.9 Å². The number of anilines is 1. The van der Waals surface area contributed by atoms with Crippen LogP contribution in [-0.2, 0) is 26.2 Å². The van der Waals surface area contributed by atoms with Crippen molar-refractivity contribution in [2.24, 2.45) is 0 Å². The molecule has 0 saturated carbocycles. The zero-order valence-electron chi connectivity index (χ0n) is 21.0. The number of halogens is 2. The molecule has 1 atom stereocenters. The minimum Gasteiger partial charge on any atom is -0.357 e. The highest BCUT2D eigenvalue weighted by atomic mass is 35.5. The average Bonchev–Trinajstić information content (AvgIpc) is 2.87. The predicted molar refractivity (Wildman–Crippen MR) is 147 cm³/mol. The summed E-state index contributed by atoms with van der Waals surface area (Å²) in [5, 5.41) is 3.20. The summed E-state index contributed by atoms with van der Waals surface area (Å²) >= 11 is 12.7. The highest BCUT2D eigenvalue weighted by Crippen LogP contribution is 2.29. The van der Waals surface area contributed by atoms with Crippen LogP contribution in [0.5, 0.6) is 0 Å². The number of amides is 2. The zero-order chi connectivity index (χ0) is 27.3. The van der Waals surface area contributed by atoms with E-state index in [0.717, 1.165) is 9.87 Å². The number of likely N-dealkylation sites (N-methyl/N-ethyl adjacent to an activating group) is 1. The van der Waals surface area contributed by atoms with Crippen molar-refractivity contribution >= 4 is 50.7 Å². The molecule has 3 rings (SSSR count). The molecule has 3 aromatic carbocycles. The standard InChI is InChI=1S/C27H29Cl2N3O4S/c1-18-12-14-21(15-13-18)37(35,36)32(25-11-6-5-8-19(25)2)17-26(33)31(20(3)27(34)30-4)16-22-23(28)9-7-10-24(22)29/h5-15,20H,16-17H2,1-4H3,(H,30,34). The molecule has 0 aromatic heterocycles. The Bertz CT molecular complexity index is 1370. The Hall–Kier alpha value is -3.07. The van der Waals surface area contributed by atoms with Crippen LogP contribution < -0.4 is 9.62 Å². The lowest BCUT2D eigenvalue weighted by Gasteiger charge is -2.32. The van der Waals surface area contributed by atoms with Crippen LogP contribution in [0.25, 0.3) is 0 Å². The molecule has 2 amide bonds. The van der Waals surface area contributed by atoms with Gasteiger partial charge in [0.2, 0.25) is 11.8 Å². The first-order valence-electron chi connectivity index (χ1n) is 11.6. The van der Waals surface area contributed by atoms with Crippen molar-refractivity contribution in [3.8, 4) is 0 Å². The van der Waals surface area contributed by atoms with Gasteiger partial charge >= 0.3 is 0 Å². The van der Waals surface area contributed by atoms with Crippen molar-refractivity contribution in [1.82, 2.24) is 10.2 Å². The average molecular weight is 563 g/mol. The predicted octanol–water partition coefficient (Wildman–Crippen LogP) is 4.97. The number of rotatable bonds is 9. The van der Waals surface area contributed by atoms with E-state index in [-0.39, 0.29) is 11.4 Å². The largest absolute Gasteiger partial charge is 0.357 e. The number of para-hydroxylation sites is 1. The summed E-state index contributed by atoms with van der Waals surface area (Å²) in [4.78, 5) is 27.7. The molecule has 196 valence electrons. The lowest BCUT2D eigenvalue weighted by atomic mass is 10.1. The molecule has 7 nitrogen and oxygen atoms in total. The van der Waals surface area contributed by atoms with Crippen LogP contribution in [0.1, 0.15) is 23.6 Å². The Balaban J connectivity index is 2.08. The topological polar surface area (TPSA) is 86.8 Å². The van der Waals surface area contributed by atoms with Crippen LogP contribution in [0.3, 0.4) is 0 Å². The van der Waals surface area contributed by atoms with Gasteiger partial charge in [-0.1, -0.05) is 65.2 Å². The lowest BCUT2D eigenvalue weighted by molar-refractivity contribution is -0.139. The van der Waals surface area contributed by atoms with E-state index in [1.54, 1.807) is 68.4 Å². The fraction of sp³-hybridized carbons (Fsp3) is 0.259. The van der Waals surface area contributed by atoms with Crippen molar-refractivity contribution in [3.05, 3.63) is 93.5 Å². The number of aryl methyl sites for hydroxylation is 2. The van der Waals surface area contributed by atoms with E-state index >= 15 is 0 Å². The molecule has 3 aromatic rings. The maximum Gasteiger partial charge on any atom is 0.264 e. The van der Waals surface area contributed by atoms with Gasteiger partial charge < -0.3 is 10.2 Å². The normalized spacial score (nSPS) is 12.1. The highest BCUT2D eigenvalue weighted by molar-refractivity contribution is 7.92. The minimum absolute atomic E-state index is 0.0502. The van der Waals surface area contributed by atoms with Crippen LogP contribution in [0.2, 0.25) is 10.0 Å². The van der Waals surface area contributed by atoms with Gasteiger partial charge in [-0.25, -0.2) is 8.42 Å². The van der Waals surface area contributed by atoms with Gasteiger partial charge in [0, 0.05) is 29.2 Å². The van der Waals surface area contributed by atoms with Crippen molar-refractivity contribution < 1.29 is 18.0 Å². The molecule has 0 saturated heterocycles.